The zero-order valence-corrected chi connectivity index (χ0v) is 13.4. The number of esters is 2. The lowest BCUT2D eigenvalue weighted by atomic mass is 10.1. The molecular formula is C16H30O6. The van der Waals surface area contributed by atoms with E-state index in [0.29, 0.717) is 38.9 Å². The van der Waals surface area contributed by atoms with Gasteiger partial charge in [-0.15, -0.1) is 0 Å². The largest absolute Gasteiger partial charge is 0.466 e. The fourth-order valence-corrected chi connectivity index (χ4v) is 1.89. The van der Waals surface area contributed by atoms with Crippen LogP contribution in [0.25, 0.3) is 0 Å². The van der Waals surface area contributed by atoms with Crippen LogP contribution in [0, 0.1) is 0 Å². The zero-order chi connectivity index (χ0) is 16.5. The second kappa shape index (κ2) is 16.2. The van der Waals surface area contributed by atoms with Crippen LogP contribution in [0.4, 0.5) is 0 Å². The number of rotatable bonds is 15. The first kappa shape index (κ1) is 20.9. The molecule has 0 heterocycles. The van der Waals surface area contributed by atoms with Gasteiger partial charge in [0, 0.05) is 38.9 Å². The molecule has 22 heavy (non-hydrogen) atoms. The lowest BCUT2D eigenvalue weighted by Crippen LogP contribution is -2.06. The molecule has 0 fully saturated rings. The van der Waals surface area contributed by atoms with Crippen molar-refractivity contribution in [1.82, 2.24) is 0 Å². The van der Waals surface area contributed by atoms with Crippen LogP contribution < -0.4 is 0 Å². The monoisotopic (exact) mass is 318 g/mol. The second-order valence-corrected chi connectivity index (χ2v) is 5.22. The lowest BCUT2D eigenvalue weighted by Gasteiger charge is -2.04. The highest BCUT2D eigenvalue weighted by molar-refractivity contribution is 5.69. The van der Waals surface area contributed by atoms with E-state index in [-0.39, 0.29) is 25.2 Å². The summed E-state index contributed by atoms with van der Waals surface area (Å²) in [6.07, 6.45) is 7.55. The molecule has 0 saturated carbocycles. The predicted octanol–water partition coefficient (Wildman–Crippen LogP) is 1.96. The van der Waals surface area contributed by atoms with Crippen molar-refractivity contribution >= 4 is 11.9 Å². The number of aliphatic hydroxyl groups excluding tert-OH is 2. The Morgan fingerprint density at radius 2 is 0.955 bits per heavy atom. The minimum Gasteiger partial charge on any atom is -0.466 e. The molecule has 0 aromatic carbocycles. The van der Waals surface area contributed by atoms with Crippen molar-refractivity contribution in [3.8, 4) is 0 Å². The summed E-state index contributed by atoms with van der Waals surface area (Å²) in [6.45, 7) is 0.679. The van der Waals surface area contributed by atoms with Crippen molar-refractivity contribution in [2.75, 3.05) is 26.4 Å². The van der Waals surface area contributed by atoms with Gasteiger partial charge in [0.2, 0.25) is 0 Å². The van der Waals surface area contributed by atoms with Gasteiger partial charge in [-0.3, -0.25) is 9.59 Å². The van der Waals surface area contributed by atoms with Crippen LogP contribution in [-0.4, -0.2) is 48.6 Å². The van der Waals surface area contributed by atoms with Gasteiger partial charge in [-0.1, -0.05) is 25.7 Å². The average Bonchev–Trinajstić information content (AvgIpc) is 2.50. The Bertz CT molecular complexity index is 252. The van der Waals surface area contributed by atoms with Crippen molar-refractivity contribution in [2.24, 2.45) is 0 Å². The zero-order valence-electron chi connectivity index (χ0n) is 13.4. The summed E-state index contributed by atoms with van der Waals surface area (Å²) in [4.78, 5) is 22.5. The summed E-state index contributed by atoms with van der Waals surface area (Å²) in [6, 6.07) is 0. The number of hydrogen-bond acceptors (Lipinski definition) is 6. The van der Waals surface area contributed by atoms with Crippen molar-refractivity contribution in [1.29, 1.82) is 0 Å². The Labute approximate surface area is 132 Å². The van der Waals surface area contributed by atoms with E-state index in [1.54, 1.807) is 0 Å². The summed E-state index contributed by atoms with van der Waals surface area (Å²) < 4.78 is 9.86. The Morgan fingerprint density at radius 3 is 1.32 bits per heavy atom. The molecule has 2 N–H and O–H groups in total. The van der Waals surface area contributed by atoms with E-state index in [1.165, 1.54) is 0 Å². The summed E-state index contributed by atoms with van der Waals surface area (Å²) in [5.41, 5.74) is 0. The Balaban J connectivity index is 3.23. The highest BCUT2D eigenvalue weighted by Crippen LogP contribution is 2.09. The van der Waals surface area contributed by atoms with Crippen molar-refractivity contribution in [3.63, 3.8) is 0 Å². The highest BCUT2D eigenvalue weighted by atomic mass is 16.5. The van der Waals surface area contributed by atoms with Gasteiger partial charge in [-0.2, -0.15) is 0 Å². The quantitative estimate of drug-likeness (QED) is 0.354. The Hall–Kier alpha value is -1.14. The van der Waals surface area contributed by atoms with Crippen LogP contribution in [0.5, 0.6) is 0 Å². The average molecular weight is 318 g/mol. The van der Waals surface area contributed by atoms with E-state index in [2.05, 4.69) is 0 Å². The first-order chi connectivity index (χ1) is 10.7. The van der Waals surface area contributed by atoms with Crippen molar-refractivity contribution < 1.29 is 29.3 Å². The van der Waals surface area contributed by atoms with Gasteiger partial charge in [0.15, 0.2) is 0 Å². The third kappa shape index (κ3) is 15.3. The molecule has 0 aromatic heterocycles. The van der Waals surface area contributed by atoms with Crippen LogP contribution in [0.15, 0.2) is 0 Å². The lowest BCUT2D eigenvalue weighted by molar-refractivity contribution is -0.145. The van der Waals surface area contributed by atoms with Crippen LogP contribution >= 0.6 is 0 Å². The fraction of sp³-hybridized carbons (Fsp3) is 0.875. The minimum atomic E-state index is -0.195. The molecule has 0 aliphatic carbocycles. The maximum Gasteiger partial charge on any atom is 0.305 e. The van der Waals surface area contributed by atoms with Gasteiger partial charge in [0.05, 0.1) is 13.2 Å². The van der Waals surface area contributed by atoms with Crippen LogP contribution in [-0.2, 0) is 19.1 Å². The number of carbonyl (C=O) groups excluding carboxylic acids is 2. The van der Waals surface area contributed by atoms with E-state index >= 15 is 0 Å². The molecule has 0 saturated heterocycles. The number of carbonyl (C=O) groups is 2. The number of unbranched alkanes of at least 4 members (excludes halogenated alkanes) is 5. The number of ether oxygens (including phenoxy) is 2. The van der Waals surface area contributed by atoms with E-state index in [9.17, 15) is 9.59 Å². The molecule has 130 valence electrons. The molecule has 0 unspecified atom stereocenters. The Morgan fingerprint density at radius 1 is 0.591 bits per heavy atom. The van der Waals surface area contributed by atoms with Gasteiger partial charge in [0.1, 0.15) is 0 Å². The second-order valence-electron chi connectivity index (χ2n) is 5.22. The SMILES string of the molecule is O=C(CCCCCCCCC(=O)OCCCO)OCCCO. The first-order valence-electron chi connectivity index (χ1n) is 8.23. The van der Waals surface area contributed by atoms with Crippen LogP contribution in [0.3, 0.4) is 0 Å². The molecule has 0 rings (SSSR count). The molecule has 0 atom stereocenters. The van der Waals surface area contributed by atoms with Gasteiger partial charge < -0.3 is 19.7 Å². The van der Waals surface area contributed by atoms with Crippen molar-refractivity contribution in [3.05, 3.63) is 0 Å². The normalized spacial score (nSPS) is 10.5. The van der Waals surface area contributed by atoms with E-state index in [0.717, 1.165) is 38.5 Å². The van der Waals surface area contributed by atoms with Crippen LogP contribution in [0.1, 0.15) is 64.2 Å². The van der Waals surface area contributed by atoms with Crippen molar-refractivity contribution in [2.45, 2.75) is 64.2 Å². The van der Waals surface area contributed by atoms with Gasteiger partial charge in [0.25, 0.3) is 0 Å². The molecule has 0 bridgehead atoms. The minimum absolute atomic E-state index is 0.0439. The molecule has 0 amide bonds. The highest BCUT2D eigenvalue weighted by Gasteiger charge is 2.03. The predicted molar refractivity (Wildman–Crippen MR) is 82.3 cm³/mol. The summed E-state index contributed by atoms with van der Waals surface area (Å²) in [5, 5.41) is 17.1. The van der Waals surface area contributed by atoms with Crippen LogP contribution in [0.2, 0.25) is 0 Å². The smallest absolute Gasteiger partial charge is 0.305 e. The summed E-state index contributed by atoms with van der Waals surface area (Å²) in [5.74, 6) is -0.391. The summed E-state index contributed by atoms with van der Waals surface area (Å²) >= 11 is 0. The molecule has 0 aromatic rings. The van der Waals surface area contributed by atoms with E-state index < -0.39 is 0 Å². The molecule has 0 radical (unpaired) electrons. The van der Waals surface area contributed by atoms with E-state index in [4.69, 9.17) is 19.7 Å². The maximum absolute atomic E-state index is 11.3. The maximum atomic E-state index is 11.3. The molecule has 0 spiro atoms. The van der Waals surface area contributed by atoms with Gasteiger partial charge >= 0.3 is 11.9 Å². The van der Waals surface area contributed by atoms with E-state index in [1.807, 2.05) is 0 Å². The Kier molecular flexibility index (Phi) is 15.4. The topological polar surface area (TPSA) is 93.1 Å². The molecule has 0 aliphatic rings. The number of hydrogen-bond donors (Lipinski definition) is 2. The van der Waals surface area contributed by atoms with Gasteiger partial charge in [-0.05, 0) is 12.8 Å². The first-order valence-corrected chi connectivity index (χ1v) is 8.23. The third-order valence-electron chi connectivity index (χ3n) is 3.14. The molecule has 6 heteroatoms. The number of aliphatic hydroxyl groups is 2. The molecule has 6 nitrogen and oxygen atoms in total. The van der Waals surface area contributed by atoms with Gasteiger partial charge in [-0.25, -0.2) is 0 Å². The third-order valence-corrected chi connectivity index (χ3v) is 3.14. The fourth-order valence-electron chi connectivity index (χ4n) is 1.89. The molecule has 0 aliphatic heterocycles. The molecular weight excluding hydrogens is 288 g/mol. The summed E-state index contributed by atoms with van der Waals surface area (Å²) in [7, 11) is 0. The standard InChI is InChI=1S/C16H30O6/c17-11-7-13-21-15(19)9-5-3-1-2-4-6-10-16(20)22-14-8-12-18/h17-18H,1-14H2.